The Morgan fingerprint density at radius 3 is 2.70 bits per heavy atom. The standard InChI is InChI=1S/C12H17FN2O4S/c1-19-5-7-20(17,18)6-4-12(16)15-9-2-3-10(13)11(14)8-9/h2-3,8H,4-7,14H2,1H3,(H,15,16). The van der Waals surface area contributed by atoms with Crippen molar-refractivity contribution in [2.45, 2.75) is 6.42 Å². The molecule has 1 aromatic carbocycles. The number of nitrogens with two attached hydrogens (primary N) is 1. The number of carbonyl (C=O) groups excluding carboxylic acids is 1. The third-order valence-corrected chi connectivity index (χ3v) is 4.13. The van der Waals surface area contributed by atoms with E-state index in [1.165, 1.54) is 19.2 Å². The molecule has 0 bridgehead atoms. The van der Waals surface area contributed by atoms with Gasteiger partial charge in [-0.15, -0.1) is 0 Å². The van der Waals surface area contributed by atoms with Gasteiger partial charge in [0.25, 0.3) is 0 Å². The van der Waals surface area contributed by atoms with Crippen LogP contribution in [0.15, 0.2) is 18.2 Å². The van der Waals surface area contributed by atoms with Gasteiger partial charge in [-0.05, 0) is 18.2 Å². The zero-order valence-corrected chi connectivity index (χ0v) is 11.9. The Kier molecular flexibility index (Phi) is 5.90. The molecule has 0 fully saturated rings. The maximum atomic E-state index is 12.9. The summed E-state index contributed by atoms with van der Waals surface area (Å²) in [5.74, 6) is -1.44. The summed E-state index contributed by atoms with van der Waals surface area (Å²) in [6.07, 6.45) is -0.177. The molecule has 0 saturated carbocycles. The van der Waals surface area contributed by atoms with E-state index in [4.69, 9.17) is 5.73 Å². The van der Waals surface area contributed by atoms with Crippen LogP contribution in [-0.2, 0) is 19.4 Å². The van der Waals surface area contributed by atoms with Crippen molar-refractivity contribution in [1.82, 2.24) is 0 Å². The molecular formula is C12H17FN2O4S. The van der Waals surface area contributed by atoms with E-state index in [1.807, 2.05) is 0 Å². The largest absolute Gasteiger partial charge is 0.396 e. The van der Waals surface area contributed by atoms with Gasteiger partial charge in [-0.25, -0.2) is 12.8 Å². The van der Waals surface area contributed by atoms with Gasteiger partial charge in [-0.2, -0.15) is 0 Å². The molecule has 112 valence electrons. The molecule has 0 aliphatic heterocycles. The minimum Gasteiger partial charge on any atom is -0.396 e. The van der Waals surface area contributed by atoms with Crippen LogP contribution in [0.5, 0.6) is 0 Å². The van der Waals surface area contributed by atoms with Crippen LogP contribution in [0, 0.1) is 5.82 Å². The molecule has 0 atom stereocenters. The van der Waals surface area contributed by atoms with Crippen LogP contribution in [-0.4, -0.2) is 39.5 Å². The van der Waals surface area contributed by atoms with Crippen LogP contribution in [0.1, 0.15) is 6.42 Å². The Hall–Kier alpha value is -1.67. The average Bonchev–Trinajstić information content (AvgIpc) is 2.39. The molecule has 0 aliphatic rings. The lowest BCUT2D eigenvalue weighted by Crippen LogP contribution is -2.20. The first-order valence-corrected chi connectivity index (χ1v) is 7.70. The van der Waals surface area contributed by atoms with Gasteiger partial charge < -0.3 is 15.8 Å². The Morgan fingerprint density at radius 2 is 2.10 bits per heavy atom. The van der Waals surface area contributed by atoms with Gasteiger partial charge in [0, 0.05) is 19.2 Å². The number of amides is 1. The number of ether oxygens (including phenoxy) is 1. The molecule has 0 spiro atoms. The zero-order valence-electron chi connectivity index (χ0n) is 11.1. The molecule has 0 aromatic heterocycles. The van der Waals surface area contributed by atoms with E-state index in [0.29, 0.717) is 5.69 Å². The summed E-state index contributed by atoms with van der Waals surface area (Å²) in [5.41, 5.74) is 5.59. The van der Waals surface area contributed by atoms with Crippen LogP contribution < -0.4 is 11.1 Å². The number of nitrogens with one attached hydrogen (secondary N) is 1. The van der Waals surface area contributed by atoms with E-state index in [1.54, 1.807) is 0 Å². The molecule has 0 aliphatic carbocycles. The number of hydrogen-bond donors (Lipinski definition) is 2. The first-order chi connectivity index (χ1) is 9.34. The van der Waals surface area contributed by atoms with Gasteiger partial charge in [0.1, 0.15) is 5.82 Å². The van der Waals surface area contributed by atoms with E-state index in [0.717, 1.165) is 6.07 Å². The molecular weight excluding hydrogens is 287 g/mol. The first-order valence-electron chi connectivity index (χ1n) is 5.88. The van der Waals surface area contributed by atoms with E-state index in [9.17, 15) is 17.6 Å². The summed E-state index contributed by atoms with van der Waals surface area (Å²) in [5, 5.41) is 2.46. The topological polar surface area (TPSA) is 98.5 Å². The lowest BCUT2D eigenvalue weighted by Gasteiger charge is -2.07. The number of methoxy groups -OCH3 is 1. The molecule has 8 heteroatoms. The number of halogens is 1. The first kappa shape index (κ1) is 16.4. The molecule has 0 saturated heterocycles. The summed E-state index contributed by atoms with van der Waals surface area (Å²) in [7, 11) is -1.91. The number of sulfone groups is 1. The number of anilines is 2. The Labute approximate surface area is 117 Å². The van der Waals surface area contributed by atoms with Gasteiger partial charge in [0.05, 0.1) is 23.8 Å². The quantitative estimate of drug-likeness (QED) is 0.726. The predicted octanol–water partition coefficient (Wildman–Crippen LogP) is 0.798. The molecule has 1 rings (SSSR count). The lowest BCUT2D eigenvalue weighted by atomic mass is 10.2. The second-order valence-corrected chi connectivity index (χ2v) is 6.48. The number of rotatable bonds is 7. The molecule has 0 unspecified atom stereocenters. The van der Waals surface area contributed by atoms with Crippen LogP contribution in [0.25, 0.3) is 0 Å². The van der Waals surface area contributed by atoms with E-state index in [-0.39, 0.29) is 30.2 Å². The van der Waals surface area contributed by atoms with Crippen LogP contribution in [0.3, 0.4) is 0 Å². The van der Waals surface area contributed by atoms with Crippen molar-refractivity contribution >= 4 is 27.1 Å². The fraction of sp³-hybridized carbons (Fsp3) is 0.417. The molecule has 1 amide bonds. The predicted molar refractivity (Wildman–Crippen MR) is 74.6 cm³/mol. The highest BCUT2D eigenvalue weighted by atomic mass is 32.2. The minimum atomic E-state index is -3.32. The third kappa shape index (κ3) is 5.54. The number of carbonyl (C=O) groups is 1. The monoisotopic (exact) mass is 304 g/mol. The van der Waals surface area contributed by atoms with Crippen molar-refractivity contribution < 1.29 is 22.3 Å². The van der Waals surface area contributed by atoms with E-state index in [2.05, 4.69) is 10.1 Å². The second kappa shape index (κ2) is 7.20. The molecule has 6 nitrogen and oxygen atoms in total. The highest BCUT2D eigenvalue weighted by Crippen LogP contribution is 2.16. The Morgan fingerprint density at radius 1 is 1.40 bits per heavy atom. The Bertz CT molecular complexity index is 575. The van der Waals surface area contributed by atoms with Crippen molar-refractivity contribution in [2.24, 2.45) is 0 Å². The van der Waals surface area contributed by atoms with Gasteiger partial charge in [0.15, 0.2) is 9.84 Å². The van der Waals surface area contributed by atoms with Crippen molar-refractivity contribution in [2.75, 3.05) is 36.3 Å². The minimum absolute atomic E-state index is 0.0875. The van der Waals surface area contributed by atoms with Gasteiger partial charge in [0.2, 0.25) is 5.91 Å². The van der Waals surface area contributed by atoms with Gasteiger partial charge in [-0.3, -0.25) is 4.79 Å². The van der Waals surface area contributed by atoms with Crippen molar-refractivity contribution in [1.29, 1.82) is 0 Å². The molecule has 1 aromatic rings. The Balaban J connectivity index is 2.49. The summed E-state index contributed by atoms with van der Waals surface area (Å²) in [4.78, 5) is 11.6. The molecule has 20 heavy (non-hydrogen) atoms. The summed E-state index contributed by atoms with van der Waals surface area (Å²) in [6.45, 7) is 0.0957. The smallest absolute Gasteiger partial charge is 0.225 e. The van der Waals surface area contributed by atoms with E-state index >= 15 is 0 Å². The zero-order chi connectivity index (χ0) is 15.2. The SMILES string of the molecule is COCCS(=O)(=O)CCC(=O)Nc1ccc(F)c(N)c1. The van der Waals surface area contributed by atoms with Crippen LogP contribution in [0.4, 0.5) is 15.8 Å². The van der Waals surface area contributed by atoms with Crippen LogP contribution in [0.2, 0.25) is 0 Å². The van der Waals surface area contributed by atoms with Crippen molar-refractivity contribution in [3.05, 3.63) is 24.0 Å². The highest BCUT2D eigenvalue weighted by molar-refractivity contribution is 7.91. The summed E-state index contributed by atoms with van der Waals surface area (Å²) >= 11 is 0. The summed E-state index contributed by atoms with van der Waals surface area (Å²) < 4.78 is 40.6. The number of hydrogen-bond acceptors (Lipinski definition) is 5. The maximum Gasteiger partial charge on any atom is 0.225 e. The fourth-order valence-corrected chi connectivity index (χ4v) is 2.53. The van der Waals surface area contributed by atoms with E-state index < -0.39 is 21.6 Å². The lowest BCUT2D eigenvalue weighted by molar-refractivity contribution is -0.115. The average molecular weight is 304 g/mol. The van der Waals surface area contributed by atoms with Crippen molar-refractivity contribution in [3.63, 3.8) is 0 Å². The molecule has 0 heterocycles. The third-order valence-electron chi connectivity index (χ3n) is 2.52. The number of nitrogen functional groups attached to an aromatic ring is 1. The van der Waals surface area contributed by atoms with Crippen LogP contribution >= 0.6 is 0 Å². The molecule has 0 radical (unpaired) electrons. The van der Waals surface area contributed by atoms with Crippen molar-refractivity contribution in [3.8, 4) is 0 Å². The number of benzene rings is 1. The fourth-order valence-electron chi connectivity index (χ4n) is 1.41. The maximum absolute atomic E-state index is 12.9. The van der Waals surface area contributed by atoms with Gasteiger partial charge in [-0.1, -0.05) is 0 Å². The molecule has 3 N–H and O–H groups in total. The summed E-state index contributed by atoms with van der Waals surface area (Å²) in [6, 6.07) is 3.75. The van der Waals surface area contributed by atoms with Gasteiger partial charge >= 0.3 is 0 Å². The second-order valence-electron chi connectivity index (χ2n) is 4.18. The normalized spacial score (nSPS) is 11.3. The highest BCUT2D eigenvalue weighted by Gasteiger charge is 2.13.